The minimum atomic E-state index is 0.993. The first-order valence-corrected chi connectivity index (χ1v) is 14.4. The molecule has 7 rings (SSSR count). The van der Waals surface area contributed by atoms with Crippen LogP contribution in [0.25, 0.3) is 60.5 Å². The molecule has 1 aromatic heterocycles. The Morgan fingerprint density at radius 1 is 0.512 bits per heavy atom. The lowest BCUT2D eigenvalue weighted by molar-refractivity contribution is 1.02. The minimum absolute atomic E-state index is 0.993. The third-order valence-electron chi connectivity index (χ3n) is 9.30. The van der Waals surface area contributed by atoms with Gasteiger partial charge < -0.3 is 0 Å². The molecule has 6 aromatic carbocycles. The van der Waals surface area contributed by atoms with Crippen molar-refractivity contribution in [3.63, 3.8) is 0 Å². The summed E-state index contributed by atoms with van der Waals surface area (Å²) in [6.45, 7) is 2.12. The minimum Gasteiger partial charge on any atom is -0.295 e. The van der Waals surface area contributed by atoms with E-state index in [0.717, 1.165) is 16.9 Å². The molecule has 0 aliphatic heterocycles. The third kappa shape index (κ3) is 3.83. The monoisotopic (exact) mass is 520 g/mol. The van der Waals surface area contributed by atoms with E-state index in [-0.39, 0.29) is 0 Å². The van der Waals surface area contributed by atoms with E-state index >= 15 is 0 Å². The fourth-order valence-electron chi connectivity index (χ4n) is 6.78. The summed E-state index contributed by atoms with van der Waals surface area (Å²) in [4.78, 5) is 4.97. The van der Waals surface area contributed by atoms with Crippen LogP contribution in [0.15, 0.2) is 97.1 Å². The molecule has 190 valence electrons. The summed E-state index contributed by atoms with van der Waals surface area (Å²) in [6.07, 6.45) is 0. The third-order valence-corrected chi connectivity index (χ3v) is 9.30. The van der Waals surface area contributed by atoms with Gasteiger partial charge in [-0.1, -0.05) is 89.8 Å². The topological polar surface area (TPSA) is 17.8 Å². The van der Waals surface area contributed by atoms with Crippen LogP contribution < -0.4 is 27.3 Å². The Morgan fingerprint density at radius 3 is 1.83 bits per heavy atom. The van der Waals surface area contributed by atoms with Gasteiger partial charge in [-0.05, 0) is 58.1 Å². The van der Waals surface area contributed by atoms with Crippen molar-refractivity contribution in [1.82, 2.24) is 9.55 Å². The number of para-hydroxylation sites is 2. The van der Waals surface area contributed by atoms with Crippen molar-refractivity contribution in [2.45, 2.75) is 6.92 Å². The van der Waals surface area contributed by atoms with Crippen LogP contribution in [0.2, 0.25) is 0 Å². The molecule has 2 nitrogen and oxygen atoms in total. The maximum Gasteiger partial charge on any atom is 0.139 e. The van der Waals surface area contributed by atoms with Gasteiger partial charge in [0.25, 0.3) is 0 Å². The SMILES string of the molecule is Bc1c(B)c(B)c(-c2c3ccccc3c(-n3c(C)nc4ccccc43)c3ccc(-c4ccccc4)cc23)c(B)c1B. The smallest absolute Gasteiger partial charge is 0.139 e. The van der Waals surface area contributed by atoms with Crippen LogP contribution in [0.5, 0.6) is 0 Å². The summed E-state index contributed by atoms with van der Waals surface area (Å²) in [5.41, 5.74) is 15.3. The van der Waals surface area contributed by atoms with E-state index in [0.29, 0.717) is 0 Å². The van der Waals surface area contributed by atoms with Gasteiger partial charge in [-0.2, -0.15) is 0 Å². The van der Waals surface area contributed by atoms with Crippen molar-refractivity contribution in [2.24, 2.45) is 0 Å². The van der Waals surface area contributed by atoms with E-state index < -0.39 is 0 Å². The van der Waals surface area contributed by atoms with Crippen molar-refractivity contribution in [2.75, 3.05) is 0 Å². The Labute approximate surface area is 245 Å². The van der Waals surface area contributed by atoms with Gasteiger partial charge in [0.1, 0.15) is 45.1 Å². The van der Waals surface area contributed by atoms with E-state index in [2.05, 4.69) is 148 Å². The molecule has 0 fully saturated rings. The first-order chi connectivity index (χ1) is 19.9. The second-order valence-corrected chi connectivity index (χ2v) is 11.4. The maximum atomic E-state index is 4.97. The maximum absolute atomic E-state index is 4.97. The number of rotatable bonds is 3. The first-order valence-electron chi connectivity index (χ1n) is 14.4. The Hall–Kier alpha value is -4.37. The highest BCUT2D eigenvalue weighted by Gasteiger charge is 2.23. The molecule has 7 aromatic rings. The van der Waals surface area contributed by atoms with Crippen molar-refractivity contribution in [1.29, 1.82) is 0 Å². The van der Waals surface area contributed by atoms with Crippen LogP contribution in [0, 0.1) is 6.92 Å². The molecular weight excluding hydrogens is 490 g/mol. The van der Waals surface area contributed by atoms with Gasteiger partial charge in [-0.3, -0.25) is 4.57 Å². The van der Waals surface area contributed by atoms with Crippen molar-refractivity contribution < 1.29 is 0 Å². The summed E-state index contributed by atoms with van der Waals surface area (Å²) in [5, 5.41) is 5.01. The Kier molecular flexibility index (Phi) is 6.01. The molecule has 0 amide bonds. The van der Waals surface area contributed by atoms with E-state index in [9.17, 15) is 0 Å². The largest absolute Gasteiger partial charge is 0.295 e. The summed E-state index contributed by atoms with van der Waals surface area (Å²) in [7, 11) is 11.4. The van der Waals surface area contributed by atoms with E-state index in [1.54, 1.807) is 0 Å². The Morgan fingerprint density at radius 2 is 1.10 bits per heavy atom. The number of nitrogens with zero attached hydrogens (tertiary/aromatic N) is 2. The summed E-state index contributed by atoms with van der Waals surface area (Å²) in [5.74, 6) is 0.993. The van der Waals surface area contributed by atoms with Crippen LogP contribution in [-0.2, 0) is 0 Å². The van der Waals surface area contributed by atoms with Gasteiger partial charge in [-0.15, -0.1) is 16.4 Å². The van der Waals surface area contributed by atoms with Gasteiger partial charge in [0, 0.05) is 10.8 Å². The van der Waals surface area contributed by atoms with Gasteiger partial charge in [0.05, 0.1) is 16.7 Å². The van der Waals surface area contributed by atoms with Crippen LogP contribution in [0.1, 0.15) is 5.82 Å². The summed E-state index contributed by atoms with van der Waals surface area (Å²) < 4.78 is 2.36. The lowest BCUT2D eigenvalue weighted by Crippen LogP contribution is -2.55. The number of fused-ring (bicyclic) bond motifs is 3. The fraction of sp³-hybridized carbons (Fsp3) is 0.0294. The fourth-order valence-corrected chi connectivity index (χ4v) is 6.78. The zero-order valence-corrected chi connectivity index (χ0v) is 24.6. The first kappa shape index (κ1) is 25.6. The van der Waals surface area contributed by atoms with E-state index in [1.165, 1.54) is 76.8 Å². The standard InChI is InChI=1S/C34H29B5N2/c1-18-40-25-13-7-8-14-26(25)41(18)34-22-12-6-5-11-21(22)27(28-29(35)31(37)33(39)32(38)30(28)36)24-17-20(15-16-23(24)34)19-9-3-2-4-10-19/h2-17H,35-39H2,1H3. The number of benzene rings is 6. The number of aromatic nitrogens is 2. The second kappa shape index (κ2) is 9.63. The molecule has 0 unspecified atom stereocenters. The summed E-state index contributed by atoms with van der Waals surface area (Å²) >= 11 is 0. The molecule has 41 heavy (non-hydrogen) atoms. The molecule has 0 bridgehead atoms. The zero-order valence-electron chi connectivity index (χ0n) is 24.6. The molecule has 0 atom stereocenters. The van der Waals surface area contributed by atoms with Gasteiger partial charge in [0.2, 0.25) is 0 Å². The number of hydrogen-bond donors (Lipinski definition) is 0. The van der Waals surface area contributed by atoms with Crippen molar-refractivity contribution in [3.8, 4) is 27.9 Å². The van der Waals surface area contributed by atoms with Crippen LogP contribution in [-0.4, -0.2) is 48.8 Å². The Bertz CT molecular complexity index is 2140. The highest BCUT2D eigenvalue weighted by Crippen LogP contribution is 2.42. The molecule has 0 spiro atoms. The predicted molar refractivity (Wildman–Crippen MR) is 193 cm³/mol. The molecular formula is C34H29B5N2. The quantitative estimate of drug-likeness (QED) is 0.242. The molecule has 1 heterocycles. The predicted octanol–water partition coefficient (Wildman–Crippen LogP) is 0.266. The highest BCUT2D eigenvalue weighted by molar-refractivity contribution is 6.69. The number of hydrogen-bond acceptors (Lipinski definition) is 1. The molecule has 0 N–H and O–H groups in total. The molecule has 0 aliphatic carbocycles. The van der Waals surface area contributed by atoms with E-state index in [4.69, 9.17) is 4.98 Å². The van der Waals surface area contributed by atoms with Crippen LogP contribution in [0.4, 0.5) is 0 Å². The molecule has 0 radical (unpaired) electrons. The average Bonchev–Trinajstić information content (AvgIpc) is 3.34. The highest BCUT2D eigenvalue weighted by atomic mass is 15.1. The molecule has 0 saturated heterocycles. The lowest BCUT2D eigenvalue weighted by atomic mass is 9.59. The molecule has 0 saturated carbocycles. The van der Waals surface area contributed by atoms with Gasteiger partial charge >= 0.3 is 0 Å². The van der Waals surface area contributed by atoms with Gasteiger partial charge in [0.15, 0.2) is 0 Å². The van der Waals surface area contributed by atoms with E-state index in [1.807, 2.05) is 0 Å². The number of imidazole rings is 1. The van der Waals surface area contributed by atoms with Crippen LogP contribution >= 0.6 is 0 Å². The molecule has 7 heteroatoms. The van der Waals surface area contributed by atoms with Gasteiger partial charge in [-0.25, -0.2) is 4.98 Å². The van der Waals surface area contributed by atoms with Crippen molar-refractivity contribution >= 4 is 99.1 Å². The average molecular weight is 520 g/mol. The lowest BCUT2D eigenvalue weighted by Gasteiger charge is -2.25. The van der Waals surface area contributed by atoms with Crippen LogP contribution in [0.3, 0.4) is 0 Å². The zero-order chi connectivity index (χ0) is 28.4. The second-order valence-electron chi connectivity index (χ2n) is 11.4. The summed E-state index contributed by atoms with van der Waals surface area (Å²) in [6, 6.07) is 35.1. The number of aryl methyl sites for hydroxylation is 1. The van der Waals surface area contributed by atoms with Crippen molar-refractivity contribution in [3.05, 3.63) is 103 Å². The normalized spacial score (nSPS) is 11.5. The molecule has 0 aliphatic rings. The Balaban J connectivity index is 1.73.